The van der Waals surface area contributed by atoms with Gasteiger partial charge >= 0.3 is 0 Å². The van der Waals surface area contributed by atoms with Crippen molar-refractivity contribution in [1.82, 2.24) is 5.32 Å². The largest absolute Gasteiger partial charge is 0.384 e. The maximum atomic E-state index is 12.2. The van der Waals surface area contributed by atoms with Crippen molar-refractivity contribution < 1.29 is 9.90 Å². The van der Waals surface area contributed by atoms with Gasteiger partial charge in [0.05, 0.1) is 16.5 Å². The molecule has 0 bridgehead atoms. The fourth-order valence-corrected chi connectivity index (χ4v) is 3.86. The van der Waals surface area contributed by atoms with Crippen LogP contribution < -0.4 is 5.32 Å². The average molecular weight is 319 g/mol. The van der Waals surface area contributed by atoms with Crippen LogP contribution in [0.3, 0.4) is 0 Å². The molecular weight excluding hydrogens is 302 g/mol. The van der Waals surface area contributed by atoms with E-state index >= 15 is 0 Å². The highest BCUT2D eigenvalue weighted by atomic mass is 32.1. The van der Waals surface area contributed by atoms with Crippen molar-refractivity contribution in [3.05, 3.63) is 43.3 Å². The highest BCUT2D eigenvalue weighted by molar-refractivity contribution is 7.12. The molecule has 1 unspecified atom stereocenters. The molecule has 110 valence electrons. The normalized spacial score (nSPS) is 11.6. The standard InChI is InChI=1S/C16H17NO2S2/c1-10-7-15(12(3)21-10)11(2)17-16(19)13-8-14(20-9-13)5-4-6-18/h7-9,11,18H,6H2,1-3H3,(H,17,19). The Bertz CT molecular complexity index is 703. The number of nitrogens with one attached hydrogen (secondary N) is 1. The summed E-state index contributed by atoms with van der Waals surface area (Å²) in [5.74, 6) is 5.29. The van der Waals surface area contributed by atoms with E-state index in [9.17, 15) is 4.79 Å². The highest BCUT2D eigenvalue weighted by Gasteiger charge is 2.15. The van der Waals surface area contributed by atoms with Gasteiger partial charge in [0.2, 0.25) is 0 Å². The molecule has 1 atom stereocenters. The second-order valence-electron chi connectivity index (χ2n) is 4.72. The van der Waals surface area contributed by atoms with Gasteiger partial charge in [-0.25, -0.2) is 0 Å². The molecule has 0 spiro atoms. The van der Waals surface area contributed by atoms with Gasteiger partial charge in [0.1, 0.15) is 6.61 Å². The van der Waals surface area contributed by atoms with Gasteiger partial charge < -0.3 is 10.4 Å². The minimum absolute atomic E-state index is 0.0191. The zero-order valence-corrected chi connectivity index (χ0v) is 13.8. The molecular formula is C16H17NO2S2. The zero-order chi connectivity index (χ0) is 15.4. The average Bonchev–Trinajstić information content (AvgIpc) is 3.03. The monoisotopic (exact) mass is 319 g/mol. The number of amides is 1. The van der Waals surface area contributed by atoms with Crippen LogP contribution in [-0.4, -0.2) is 17.6 Å². The number of aliphatic hydroxyl groups excluding tert-OH is 1. The van der Waals surface area contributed by atoms with Gasteiger partial charge in [-0.05, 0) is 38.5 Å². The molecule has 0 fully saturated rings. The van der Waals surface area contributed by atoms with E-state index in [1.165, 1.54) is 26.7 Å². The topological polar surface area (TPSA) is 49.3 Å². The number of aryl methyl sites for hydroxylation is 2. The number of carbonyl (C=O) groups excluding carboxylic acids is 1. The molecule has 21 heavy (non-hydrogen) atoms. The van der Waals surface area contributed by atoms with E-state index in [2.05, 4.69) is 37.1 Å². The first-order valence-electron chi connectivity index (χ1n) is 6.57. The van der Waals surface area contributed by atoms with Gasteiger partial charge in [-0.2, -0.15) is 0 Å². The summed E-state index contributed by atoms with van der Waals surface area (Å²) in [5.41, 5.74) is 1.78. The Labute approximate surface area is 132 Å². The molecule has 0 aliphatic rings. The van der Waals surface area contributed by atoms with Crippen molar-refractivity contribution in [2.24, 2.45) is 0 Å². The summed E-state index contributed by atoms with van der Waals surface area (Å²) in [4.78, 5) is 15.5. The Kier molecular flexibility index (Phi) is 5.18. The minimum Gasteiger partial charge on any atom is -0.384 e. The van der Waals surface area contributed by atoms with Gasteiger partial charge in [0, 0.05) is 15.1 Å². The quantitative estimate of drug-likeness (QED) is 0.853. The lowest BCUT2D eigenvalue weighted by Gasteiger charge is -2.13. The van der Waals surface area contributed by atoms with E-state index in [4.69, 9.17) is 5.11 Å². The van der Waals surface area contributed by atoms with E-state index in [-0.39, 0.29) is 18.6 Å². The van der Waals surface area contributed by atoms with Crippen LogP contribution in [0.5, 0.6) is 0 Å². The molecule has 2 aromatic rings. The van der Waals surface area contributed by atoms with Gasteiger partial charge in [-0.3, -0.25) is 4.79 Å². The van der Waals surface area contributed by atoms with E-state index < -0.39 is 0 Å². The number of rotatable bonds is 3. The number of hydrogen-bond donors (Lipinski definition) is 2. The summed E-state index contributed by atoms with van der Waals surface area (Å²) >= 11 is 3.15. The van der Waals surface area contributed by atoms with Gasteiger partial charge in [-0.1, -0.05) is 11.8 Å². The molecule has 2 heterocycles. The highest BCUT2D eigenvalue weighted by Crippen LogP contribution is 2.26. The lowest BCUT2D eigenvalue weighted by Crippen LogP contribution is -2.26. The summed E-state index contributed by atoms with van der Waals surface area (Å²) in [5, 5.41) is 13.5. The molecule has 2 aromatic heterocycles. The Morgan fingerprint density at radius 1 is 1.43 bits per heavy atom. The fourth-order valence-electron chi connectivity index (χ4n) is 2.09. The van der Waals surface area contributed by atoms with E-state index in [1.54, 1.807) is 22.8 Å². The van der Waals surface area contributed by atoms with Crippen molar-refractivity contribution in [2.45, 2.75) is 26.8 Å². The van der Waals surface area contributed by atoms with Crippen LogP contribution in [0.25, 0.3) is 0 Å². The first-order valence-corrected chi connectivity index (χ1v) is 8.27. The molecule has 5 heteroatoms. The smallest absolute Gasteiger partial charge is 0.252 e. The molecule has 1 amide bonds. The first kappa shape index (κ1) is 15.8. The second-order valence-corrected chi connectivity index (χ2v) is 7.09. The van der Waals surface area contributed by atoms with Crippen LogP contribution in [0.1, 0.15) is 43.5 Å². The third kappa shape index (κ3) is 3.94. The van der Waals surface area contributed by atoms with Gasteiger partial charge in [-0.15, -0.1) is 22.7 Å². The van der Waals surface area contributed by atoms with E-state index in [0.29, 0.717) is 5.56 Å². The first-order chi connectivity index (χ1) is 10.0. The van der Waals surface area contributed by atoms with Crippen molar-refractivity contribution >= 4 is 28.6 Å². The summed E-state index contributed by atoms with van der Waals surface area (Å²) in [6, 6.07) is 3.85. The Hall–Kier alpha value is -1.61. The summed E-state index contributed by atoms with van der Waals surface area (Å²) < 4.78 is 0. The third-order valence-electron chi connectivity index (χ3n) is 3.05. The molecule has 0 aromatic carbocycles. The predicted molar refractivity (Wildman–Crippen MR) is 88.0 cm³/mol. The number of thiophene rings is 2. The van der Waals surface area contributed by atoms with Crippen LogP contribution in [0.2, 0.25) is 0 Å². The number of hydrogen-bond acceptors (Lipinski definition) is 4. The lowest BCUT2D eigenvalue weighted by molar-refractivity contribution is 0.0940. The van der Waals surface area contributed by atoms with E-state index in [0.717, 1.165) is 4.88 Å². The lowest BCUT2D eigenvalue weighted by atomic mass is 10.1. The van der Waals surface area contributed by atoms with Crippen molar-refractivity contribution in [2.75, 3.05) is 6.61 Å². The van der Waals surface area contributed by atoms with Crippen LogP contribution in [0.4, 0.5) is 0 Å². The maximum Gasteiger partial charge on any atom is 0.252 e. The van der Waals surface area contributed by atoms with Gasteiger partial charge in [0.25, 0.3) is 5.91 Å². The maximum absolute atomic E-state index is 12.2. The van der Waals surface area contributed by atoms with Crippen LogP contribution in [-0.2, 0) is 0 Å². The van der Waals surface area contributed by atoms with Gasteiger partial charge in [0.15, 0.2) is 0 Å². The summed E-state index contributed by atoms with van der Waals surface area (Å²) in [6.45, 7) is 5.96. The van der Waals surface area contributed by atoms with Crippen molar-refractivity contribution in [3.63, 3.8) is 0 Å². The summed E-state index contributed by atoms with van der Waals surface area (Å²) in [7, 11) is 0. The zero-order valence-electron chi connectivity index (χ0n) is 12.2. The predicted octanol–water partition coefficient (Wildman–Crippen LogP) is 3.26. The number of carbonyl (C=O) groups is 1. The Morgan fingerprint density at radius 2 is 2.19 bits per heavy atom. The Morgan fingerprint density at radius 3 is 2.81 bits per heavy atom. The fraction of sp³-hybridized carbons (Fsp3) is 0.312. The molecule has 2 rings (SSSR count). The minimum atomic E-state index is -0.173. The molecule has 0 radical (unpaired) electrons. The van der Waals surface area contributed by atoms with Crippen LogP contribution in [0.15, 0.2) is 17.5 Å². The molecule has 3 nitrogen and oxygen atoms in total. The third-order valence-corrected chi connectivity index (χ3v) is 4.87. The molecule has 0 saturated carbocycles. The van der Waals surface area contributed by atoms with E-state index in [1.807, 2.05) is 6.92 Å². The van der Waals surface area contributed by atoms with Crippen LogP contribution >= 0.6 is 22.7 Å². The second kappa shape index (κ2) is 6.90. The number of aliphatic hydroxyl groups is 1. The Balaban J connectivity index is 2.07. The molecule has 2 N–H and O–H groups in total. The molecule has 0 saturated heterocycles. The van der Waals surface area contributed by atoms with Crippen molar-refractivity contribution in [1.29, 1.82) is 0 Å². The SMILES string of the molecule is Cc1cc(C(C)NC(=O)c2csc(C#CCO)c2)c(C)s1. The van der Waals surface area contributed by atoms with Crippen LogP contribution in [0, 0.1) is 25.7 Å². The molecule has 0 aliphatic heterocycles. The molecule has 0 aliphatic carbocycles. The summed E-state index contributed by atoms with van der Waals surface area (Å²) in [6.07, 6.45) is 0. The van der Waals surface area contributed by atoms with Crippen molar-refractivity contribution in [3.8, 4) is 11.8 Å².